The van der Waals surface area contributed by atoms with Crippen LogP contribution in [0.5, 0.6) is 5.75 Å². The first-order valence-electron chi connectivity index (χ1n) is 6.35. The van der Waals surface area contributed by atoms with Gasteiger partial charge in [-0.05, 0) is 18.2 Å². The quantitative estimate of drug-likeness (QED) is 0.628. The Balaban J connectivity index is 2.08. The van der Waals surface area contributed by atoms with Crippen LogP contribution in [-0.2, 0) is 10.0 Å². The van der Waals surface area contributed by atoms with E-state index in [0.29, 0.717) is 5.75 Å². The number of aromatic nitrogens is 1. The largest absolute Gasteiger partial charge is 0.488 e. The predicted octanol–water partition coefficient (Wildman–Crippen LogP) is 1.58. The van der Waals surface area contributed by atoms with Crippen LogP contribution in [0.15, 0.2) is 47.5 Å². The van der Waals surface area contributed by atoms with Crippen molar-refractivity contribution < 1.29 is 18.1 Å². The van der Waals surface area contributed by atoms with Crippen LogP contribution in [-0.4, -0.2) is 31.5 Å². The van der Waals surface area contributed by atoms with Crippen molar-refractivity contribution in [3.63, 3.8) is 0 Å². The van der Waals surface area contributed by atoms with Crippen molar-refractivity contribution in [1.82, 2.24) is 4.98 Å². The van der Waals surface area contributed by atoms with Crippen LogP contribution < -0.4 is 9.04 Å². The molecule has 0 saturated carbocycles. The molecule has 1 aliphatic heterocycles. The fraction of sp³-hybridized carbons (Fsp3) is 0.154. The molecule has 9 heteroatoms. The lowest BCUT2D eigenvalue weighted by atomic mass is 10.3. The van der Waals surface area contributed by atoms with Gasteiger partial charge in [0, 0.05) is 18.3 Å². The topological polar surface area (TPSA) is 103 Å². The minimum absolute atomic E-state index is 0.0923. The fourth-order valence-electron chi connectivity index (χ4n) is 2.15. The number of rotatable bonds is 3. The van der Waals surface area contributed by atoms with Gasteiger partial charge in [-0.15, -0.1) is 0 Å². The Morgan fingerprint density at radius 2 is 2.09 bits per heavy atom. The van der Waals surface area contributed by atoms with Gasteiger partial charge in [0.2, 0.25) is 0 Å². The number of pyridine rings is 1. The molecule has 0 saturated heterocycles. The fourth-order valence-corrected chi connectivity index (χ4v) is 3.60. The average molecular weight is 321 g/mol. The van der Waals surface area contributed by atoms with Crippen molar-refractivity contribution in [2.75, 3.05) is 17.5 Å². The van der Waals surface area contributed by atoms with Crippen LogP contribution in [0.25, 0.3) is 0 Å². The zero-order valence-corrected chi connectivity index (χ0v) is 12.1. The molecule has 8 nitrogen and oxygen atoms in total. The number of nitro benzene ring substituents is 1. The van der Waals surface area contributed by atoms with Gasteiger partial charge in [0.15, 0.2) is 11.6 Å². The molecule has 0 atom stereocenters. The van der Waals surface area contributed by atoms with Gasteiger partial charge in [-0.1, -0.05) is 6.07 Å². The molecule has 0 unspecified atom stereocenters. The number of nitrogens with zero attached hydrogens (tertiary/aromatic N) is 3. The molecule has 2 aromatic rings. The molecule has 0 N–H and O–H groups in total. The van der Waals surface area contributed by atoms with Crippen LogP contribution >= 0.6 is 0 Å². The number of nitro groups is 1. The van der Waals surface area contributed by atoms with Crippen LogP contribution in [0, 0.1) is 10.1 Å². The zero-order chi connectivity index (χ0) is 15.7. The SMILES string of the molecule is O=[N+]([O-])c1cccc(S(=O)(=O)N2CCOc3cccnc32)c1. The minimum Gasteiger partial charge on any atom is -0.488 e. The minimum atomic E-state index is -3.95. The molecular formula is C13H11N3O5S. The van der Waals surface area contributed by atoms with Gasteiger partial charge in [0.1, 0.15) is 6.61 Å². The molecule has 0 radical (unpaired) electrons. The molecule has 3 rings (SSSR count). The number of anilines is 1. The second kappa shape index (κ2) is 5.26. The van der Waals surface area contributed by atoms with E-state index < -0.39 is 14.9 Å². The molecule has 114 valence electrons. The number of ether oxygens (including phenoxy) is 1. The number of fused-ring (bicyclic) bond motifs is 1. The summed E-state index contributed by atoms with van der Waals surface area (Å²) in [6.45, 7) is 0.280. The van der Waals surface area contributed by atoms with E-state index in [1.807, 2.05) is 0 Å². The Labute approximate surface area is 126 Å². The highest BCUT2D eigenvalue weighted by molar-refractivity contribution is 7.92. The van der Waals surface area contributed by atoms with Gasteiger partial charge in [-0.3, -0.25) is 10.1 Å². The molecular weight excluding hydrogens is 310 g/mol. The average Bonchev–Trinajstić information content (AvgIpc) is 2.54. The maximum atomic E-state index is 12.7. The molecule has 0 aliphatic carbocycles. The summed E-state index contributed by atoms with van der Waals surface area (Å²) < 4.78 is 31.9. The van der Waals surface area contributed by atoms with Crippen LogP contribution in [0.4, 0.5) is 11.5 Å². The van der Waals surface area contributed by atoms with Crippen molar-refractivity contribution in [3.05, 3.63) is 52.7 Å². The summed E-state index contributed by atoms with van der Waals surface area (Å²) in [7, 11) is -3.95. The van der Waals surface area contributed by atoms with E-state index in [4.69, 9.17) is 4.74 Å². The Morgan fingerprint density at radius 3 is 2.86 bits per heavy atom. The Kier molecular flexibility index (Phi) is 3.41. The Morgan fingerprint density at radius 1 is 1.27 bits per heavy atom. The molecule has 22 heavy (non-hydrogen) atoms. The highest BCUT2D eigenvalue weighted by atomic mass is 32.2. The molecule has 0 fully saturated rings. The van der Waals surface area contributed by atoms with E-state index in [1.54, 1.807) is 12.1 Å². The Hall–Kier alpha value is -2.68. The van der Waals surface area contributed by atoms with Crippen LogP contribution in [0.2, 0.25) is 0 Å². The zero-order valence-electron chi connectivity index (χ0n) is 11.2. The molecule has 0 bridgehead atoms. The van der Waals surface area contributed by atoms with Crippen molar-refractivity contribution in [2.45, 2.75) is 4.90 Å². The third-order valence-electron chi connectivity index (χ3n) is 3.16. The molecule has 0 amide bonds. The highest BCUT2D eigenvalue weighted by Crippen LogP contribution is 2.33. The number of non-ortho nitro benzene ring substituents is 1. The summed E-state index contributed by atoms with van der Waals surface area (Å²) in [4.78, 5) is 14.1. The van der Waals surface area contributed by atoms with Crippen molar-refractivity contribution >= 4 is 21.5 Å². The first-order chi connectivity index (χ1) is 10.5. The van der Waals surface area contributed by atoms with Gasteiger partial charge < -0.3 is 4.74 Å². The first-order valence-corrected chi connectivity index (χ1v) is 7.79. The lowest BCUT2D eigenvalue weighted by molar-refractivity contribution is -0.385. The lowest BCUT2D eigenvalue weighted by Gasteiger charge is -2.28. The van der Waals surface area contributed by atoms with E-state index in [9.17, 15) is 18.5 Å². The number of sulfonamides is 1. The Bertz CT molecular complexity index is 837. The van der Waals surface area contributed by atoms with E-state index in [-0.39, 0.29) is 29.6 Å². The van der Waals surface area contributed by atoms with Gasteiger partial charge in [-0.25, -0.2) is 17.7 Å². The standard InChI is InChI=1S/C13H11N3O5S/c17-16(18)10-3-1-4-11(9-10)22(19,20)15-7-8-21-12-5-2-6-14-13(12)15/h1-6,9H,7-8H2. The first kappa shape index (κ1) is 14.3. The summed E-state index contributed by atoms with van der Waals surface area (Å²) in [5.41, 5.74) is -0.282. The lowest BCUT2D eigenvalue weighted by Crippen LogP contribution is -2.38. The second-order valence-corrected chi connectivity index (χ2v) is 6.37. The summed E-state index contributed by atoms with van der Waals surface area (Å²) in [5, 5.41) is 10.8. The van der Waals surface area contributed by atoms with Crippen LogP contribution in [0.1, 0.15) is 0 Å². The maximum Gasteiger partial charge on any atom is 0.270 e. The molecule has 1 aromatic heterocycles. The monoisotopic (exact) mass is 321 g/mol. The molecule has 2 heterocycles. The normalized spacial score (nSPS) is 14.1. The maximum absolute atomic E-state index is 12.7. The van der Waals surface area contributed by atoms with Gasteiger partial charge in [0.05, 0.1) is 16.4 Å². The summed E-state index contributed by atoms with van der Waals surface area (Å²) in [6.07, 6.45) is 1.46. The second-order valence-electron chi connectivity index (χ2n) is 4.51. The number of hydrogen-bond donors (Lipinski definition) is 0. The summed E-state index contributed by atoms with van der Waals surface area (Å²) in [6, 6.07) is 8.20. The van der Waals surface area contributed by atoms with Gasteiger partial charge in [-0.2, -0.15) is 0 Å². The van der Waals surface area contributed by atoms with E-state index in [2.05, 4.69) is 4.98 Å². The summed E-state index contributed by atoms with van der Waals surface area (Å²) in [5.74, 6) is 0.544. The van der Waals surface area contributed by atoms with E-state index >= 15 is 0 Å². The third kappa shape index (κ3) is 2.35. The smallest absolute Gasteiger partial charge is 0.270 e. The van der Waals surface area contributed by atoms with E-state index in [1.165, 1.54) is 24.4 Å². The molecule has 1 aromatic carbocycles. The number of benzene rings is 1. The predicted molar refractivity (Wildman–Crippen MR) is 77.4 cm³/mol. The number of hydrogen-bond acceptors (Lipinski definition) is 6. The highest BCUT2D eigenvalue weighted by Gasteiger charge is 2.31. The molecule has 0 spiro atoms. The van der Waals surface area contributed by atoms with Gasteiger partial charge >= 0.3 is 0 Å². The van der Waals surface area contributed by atoms with Crippen molar-refractivity contribution in [1.29, 1.82) is 0 Å². The van der Waals surface area contributed by atoms with E-state index in [0.717, 1.165) is 10.4 Å². The van der Waals surface area contributed by atoms with Gasteiger partial charge in [0.25, 0.3) is 15.7 Å². The molecule has 1 aliphatic rings. The van der Waals surface area contributed by atoms with Crippen molar-refractivity contribution in [2.24, 2.45) is 0 Å². The van der Waals surface area contributed by atoms with Crippen molar-refractivity contribution in [3.8, 4) is 5.75 Å². The van der Waals surface area contributed by atoms with Crippen LogP contribution in [0.3, 0.4) is 0 Å². The third-order valence-corrected chi connectivity index (χ3v) is 4.94. The summed E-state index contributed by atoms with van der Waals surface area (Å²) >= 11 is 0.